The van der Waals surface area contributed by atoms with Crippen LogP contribution in [-0.4, -0.2) is 40.0 Å². The zero-order valence-corrected chi connectivity index (χ0v) is 15.1. The lowest BCUT2D eigenvalue weighted by Crippen LogP contribution is -2.34. The molecule has 1 amide bonds. The van der Waals surface area contributed by atoms with Crippen LogP contribution in [0.15, 0.2) is 30.0 Å². The summed E-state index contributed by atoms with van der Waals surface area (Å²) in [5.41, 5.74) is -0.722. The van der Waals surface area contributed by atoms with E-state index in [-0.39, 0.29) is 16.4 Å². The summed E-state index contributed by atoms with van der Waals surface area (Å²) in [6.45, 7) is 0. The van der Waals surface area contributed by atoms with Crippen molar-refractivity contribution in [1.82, 2.24) is 5.32 Å². The van der Waals surface area contributed by atoms with E-state index in [2.05, 4.69) is 10.6 Å². The van der Waals surface area contributed by atoms with Gasteiger partial charge in [0.15, 0.2) is 0 Å². The van der Waals surface area contributed by atoms with Gasteiger partial charge in [-0.3, -0.25) is 14.9 Å². The fourth-order valence-electron chi connectivity index (χ4n) is 1.76. The van der Waals surface area contributed by atoms with Crippen LogP contribution in [0.5, 0.6) is 0 Å². The fourth-order valence-corrected chi connectivity index (χ4v) is 2.39. The minimum absolute atomic E-state index is 0.0378. The number of anilines is 1. The van der Waals surface area contributed by atoms with Gasteiger partial charge in [-0.15, -0.1) is 0 Å². The summed E-state index contributed by atoms with van der Waals surface area (Å²) < 4.78 is 0. The van der Waals surface area contributed by atoms with Crippen molar-refractivity contribution in [1.29, 1.82) is 5.26 Å². The van der Waals surface area contributed by atoms with E-state index in [0.717, 1.165) is 12.3 Å². The molecule has 1 aromatic carbocycles. The number of nitrogens with zero attached hydrogens (tertiary/aromatic N) is 2. The first-order chi connectivity index (χ1) is 12.3. The quantitative estimate of drug-likeness (QED) is 0.249. The molecule has 138 valence electrons. The first kappa shape index (κ1) is 21.3. The number of nitrogens with one attached hydrogen (secondary N) is 2. The van der Waals surface area contributed by atoms with E-state index in [1.54, 1.807) is 6.07 Å². The van der Waals surface area contributed by atoms with Gasteiger partial charge in [0.05, 0.1) is 15.6 Å². The van der Waals surface area contributed by atoms with E-state index in [1.807, 2.05) is 6.26 Å². The van der Waals surface area contributed by atoms with E-state index in [0.29, 0.717) is 12.2 Å². The molecule has 11 heteroatoms. The second kappa shape index (κ2) is 10.3. The number of carbonyl (C=O) groups excluding carboxylic acids is 1. The number of carboxylic acid groups (broad SMARTS) is 1. The molecule has 1 aromatic rings. The van der Waals surface area contributed by atoms with Gasteiger partial charge in [-0.05, 0) is 24.5 Å². The molecule has 0 aliphatic carbocycles. The number of amides is 1. The molecule has 1 atom stereocenters. The van der Waals surface area contributed by atoms with Gasteiger partial charge < -0.3 is 15.7 Å². The highest BCUT2D eigenvalue weighted by Crippen LogP contribution is 2.27. The van der Waals surface area contributed by atoms with Gasteiger partial charge >= 0.3 is 5.97 Å². The second-order valence-electron chi connectivity index (χ2n) is 4.88. The summed E-state index contributed by atoms with van der Waals surface area (Å²) in [5, 5.41) is 33.9. The van der Waals surface area contributed by atoms with Gasteiger partial charge in [0.25, 0.3) is 11.6 Å². The van der Waals surface area contributed by atoms with Crippen LogP contribution in [0.1, 0.15) is 6.42 Å². The van der Waals surface area contributed by atoms with E-state index in [1.165, 1.54) is 23.9 Å². The number of hydrogen-bond donors (Lipinski definition) is 3. The molecular weight excluding hydrogens is 384 g/mol. The number of carboxylic acids is 1. The molecule has 26 heavy (non-hydrogen) atoms. The van der Waals surface area contributed by atoms with Crippen LogP contribution in [0.2, 0.25) is 5.02 Å². The Balaban J connectivity index is 2.92. The molecular formula is C15H15ClN4O5S. The molecule has 0 bridgehead atoms. The number of aliphatic carboxylic acids is 1. The van der Waals surface area contributed by atoms with Crippen LogP contribution in [0.25, 0.3) is 0 Å². The molecule has 0 aliphatic rings. The van der Waals surface area contributed by atoms with Crippen molar-refractivity contribution in [2.45, 2.75) is 12.5 Å². The molecule has 0 aromatic heterocycles. The van der Waals surface area contributed by atoms with Crippen molar-refractivity contribution in [3.63, 3.8) is 0 Å². The number of halogens is 1. The molecule has 1 rings (SSSR count). The Hall–Kier alpha value is -2.77. The molecule has 3 N–H and O–H groups in total. The summed E-state index contributed by atoms with van der Waals surface area (Å²) in [6, 6.07) is 4.15. The predicted molar refractivity (Wildman–Crippen MR) is 98.0 cm³/mol. The molecule has 0 saturated carbocycles. The van der Waals surface area contributed by atoms with Crippen LogP contribution in [0, 0.1) is 21.4 Å². The van der Waals surface area contributed by atoms with Crippen LogP contribution < -0.4 is 10.6 Å². The van der Waals surface area contributed by atoms with E-state index >= 15 is 0 Å². The number of nitriles is 1. The van der Waals surface area contributed by atoms with Crippen molar-refractivity contribution in [2.24, 2.45) is 0 Å². The third kappa shape index (κ3) is 6.27. The summed E-state index contributed by atoms with van der Waals surface area (Å²) in [6.07, 6.45) is 3.12. The number of rotatable bonds is 9. The zero-order valence-electron chi connectivity index (χ0n) is 13.6. The highest BCUT2D eigenvalue weighted by molar-refractivity contribution is 7.98. The topological polar surface area (TPSA) is 145 Å². The van der Waals surface area contributed by atoms with E-state index in [4.69, 9.17) is 22.0 Å². The first-order valence-electron chi connectivity index (χ1n) is 7.13. The maximum absolute atomic E-state index is 12.2. The van der Waals surface area contributed by atoms with Gasteiger partial charge in [-0.1, -0.05) is 11.6 Å². The average Bonchev–Trinajstić information content (AvgIpc) is 2.59. The molecule has 0 aliphatic heterocycles. The number of hydrogen-bond acceptors (Lipinski definition) is 7. The van der Waals surface area contributed by atoms with Crippen LogP contribution >= 0.6 is 23.4 Å². The lowest BCUT2D eigenvalue weighted by molar-refractivity contribution is -0.384. The van der Waals surface area contributed by atoms with Gasteiger partial charge in [0.2, 0.25) is 0 Å². The highest BCUT2D eigenvalue weighted by atomic mass is 35.5. The highest BCUT2D eigenvalue weighted by Gasteiger charge is 2.18. The maximum Gasteiger partial charge on any atom is 0.326 e. The standard InChI is InChI=1S/C15H15ClN4O5S/c1-26-5-4-12(15(22)23)18-8-9(7-17)14(21)19-13-6-10(20(24)25)2-3-11(13)16/h2-3,6,8,12,18H,4-5H2,1H3,(H,19,21)(H,22,23)/b9-8-. The van der Waals surface area contributed by atoms with Crippen LogP contribution in [0.3, 0.4) is 0 Å². The van der Waals surface area contributed by atoms with Gasteiger partial charge in [-0.2, -0.15) is 17.0 Å². The fraction of sp³-hybridized carbons (Fsp3) is 0.267. The minimum atomic E-state index is -1.12. The number of benzene rings is 1. The number of nitro benzene ring substituents is 1. The Kier molecular flexibility index (Phi) is 8.41. The summed E-state index contributed by atoms with van der Waals surface area (Å²) in [4.78, 5) is 33.4. The maximum atomic E-state index is 12.2. The molecule has 0 fully saturated rings. The number of carbonyl (C=O) groups is 2. The Labute approximate surface area is 158 Å². The largest absolute Gasteiger partial charge is 0.480 e. The third-order valence-corrected chi connectivity index (χ3v) is 4.09. The smallest absolute Gasteiger partial charge is 0.326 e. The number of nitro groups is 1. The van der Waals surface area contributed by atoms with Crippen molar-refractivity contribution >= 4 is 46.6 Å². The molecule has 0 radical (unpaired) electrons. The van der Waals surface area contributed by atoms with Crippen molar-refractivity contribution < 1.29 is 19.6 Å². The summed E-state index contributed by atoms with van der Waals surface area (Å²) >= 11 is 7.35. The summed E-state index contributed by atoms with van der Waals surface area (Å²) in [5.74, 6) is -1.42. The molecule has 9 nitrogen and oxygen atoms in total. The Morgan fingerprint density at radius 1 is 1.54 bits per heavy atom. The Bertz CT molecular complexity index is 778. The second-order valence-corrected chi connectivity index (χ2v) is 6.28. The number of non-ortho nitro benzene ring substituents is 1. The molecule has 0 saturated heterocycles. The van der Waals surface area contributed by atoms with Gasteiger partial charge in [-0.25, -0.2) is 4.79 Å². The SMILES string of the molecule is CSCCC(N/C=C(/C#N)C(=O)Nc1cc([N+](=O)[O-])ccc1Cl)C(=O)O. The third-order valence-electron chi connectivity index (χ3n) is 3.11. The summed E-state index contributed by atoms with van der Waals surface area (Å²) in [7, 11) is 0. The van der Waals surface area contributed by atoms with Crippen molar-refractivity contribution in [3.05, 3.63) is 45.1 Å². The Morgan fingerprint density at radius 2 is 2.23 bits per heavy atom. The van der Waals surface area contributed by atoms with Crippen LogP contribution in [-0.2, 0) is 9.59 Å². The predicted octanol–water partition coefficient (Wildman–Crippen LogP) is 2.39. The minimum Gasteiger partial charge on any atom is -0.480 e. The lowest BCUT2D eigenvalue weighted by atomic mass is 10.2. The van der Waals surface area contributed by atoms with Gasteiger partial charge in [0.1, 0.15) is 17.7 Å². The average molecular weight is 399 g/mol. The molecule has 0 spiro atoms. The first-order valence-corrected chi connectivity index (χ1v) is 8.90. The molecule has 1 unspecified atom stereocenters. The monoisotopic (exact) mass is 398 g/mol. The van der Waals surface area contributed by atoms with Crippen molar-refractivity contribution in [3.8, 4) is 6.07 Å². The van der Waals surface area contributed by atoms with Crippen LogP contribution in [0.4, 0.5) is 11.4 Å². The van der Waals surface area contributed by atoms with E-state index < -0.39 is 28.4 Å². The Morgan fingerprint density at radius 3 is 2.77 bits per heavy atom. The zero-order chi connectivity index (χ0) is 19.7. The van der Waals surface area contributed by atoms with E-state index in [9.17, 15) is 19.7 Å². The normalized spacial score (nSPS) is 12.0. The lowest BCUT2D eigenvalue weighted by Gasteiger charge is -2.12. The number of thioether (sulfide) groups is 1. The molecule has 0 heterocycles. The van der Waals surface area contributed by atoms with Gasteiger partial charge in [0, 0.05) is 18.3 Å². The van der Waals surface area contributed by atoms with Crippen molar-refractivity contribution in [2.75, 3.05) is 17.3 Å².